The van der Waals surface area contributed by atoms with Crippen LogP contribution in [0.5, 0.6) is 0 Å². The Labute approximate surface area is 149 Å². The van der Waals surface area contributed by atoms with Crippen molar-refractivity contribution in [3.8, 4) is 0 Å². The van der Waals surface area contributed by atoms with Gasteiger partial charge in [-0.15, -0.1) is 0 Å². The Bertz CT molecular complexity index is 958. The van der Waals surface area contributed by atoms with E-state index in [-0.39, 0.29) is 17.4 Å². The van der Waals surface area contributed by atoms with Gasteiger partial charge in [-0.1, -0.05) is 12.1 Å². The van der Waals surface area contributed by atoms with Gasteiger partial charge in [0.25, 0.3) is 5.91 Å². The molecule has 1 aromatic heterocycles. The van der Waals surface area contributed by atoms with Crippen LogP contribution in [0.4, 0.5) is 26.1 Å². The highest BCUT2D eigenvalue weighted by atomic mass is 19.2. The van der Waals surface area contributed by atoms with E-state index in [9.17, 15) is 13.6 Å². The third kappa shape index (κ3) is 3.83. The molecule has 0 radical (unpaired) electrons. The summed E-state index contributed by atoms with van der Waals surface area (Å²) in [6.45, 7) is 3.89. The van der Waals surface area contributed by atoms with Crippen LogP contribution in [0.25, 0.3) is 0 Å². The standard InChI is InChI=1S/C19H16F2N4O/c1-11-4-3-5-17(12(11)2)25-18(26)13-9-22-19(23-10-13)24-14-6-7-15(20)16(21)8-14/h3-10H,1-2H3,(H,25,26)(H,22,23,24). The van der Waals surface area contributed by atoms with Gasteiger partial charge in [0.05, 0.1) is 5.56 Å². The maximum Gasteiger partial charge on any atom is 0.258 e. The summed E-state index contributed by atoms with van der Waals surface area (Å²) in [6, 6.07) is 9.02. The average molecular weight is 354 g/mol. The summed E-state index contributed by atoms with van der Waals surface area (Å²) in [5, 5.41) is 5.56. The number of carbonyl (C=O) groups is 1. The minimum Gasteiger partial charge on any atom is -0.324 e. The second-order valence-corrected chi connectivity index (χ2v) is 5.75. The molecule has 132 valence electrons. The lowest BCUT2D eigenvalue weighted by Gasteiger charge is -2.10. The second kappa shape index (κ2) is 7.26. The van der Waals surface area contributed by atoms with Crippen molar-refractivity contribution in [2.45, 2.75) is 13.8 Å². The second-order valence-electron chi connectivity index (χ2n) is 5.75. The zero-order chi connectivity index (χ0) is 18.7. The topological polar surface area (TPSA) is 66.9 Å². The molecule has 1 amide bonds. The fourth-order valence-corrected chi connectivity index (χ4v) is 2.29. The van der Waals surface area contributed by atoms with Crippen molar-refractivity contribution in [2.24, 2.45) is 0 Å². The molecule has 0 bridgehead atoms. The van der Waals surface area contributed by atoms with E-state index < -0.39 is 11.6 Å². The van der Waals surface area contributed by atoms with E-state index in [0.29, 0.717) is 5.69 Å². The highest BCUT2D eigenvalue weighted by molar-refractivity contribution is 6.04. The van der Waals surface area contributed by atoms with Crippen LogP contribution in [0.3, 0.4) is 0 Å². The van der Waals surface area contributed by atoms with E-state index >= 15 is 0 Å². The lowest BCUT2D eigenvalue weighted by atomic mass is 10.1. The molecule has 3 aromatic rings. The summed E-state index contributed by atoms with van der Waals surface area (Å²) >= 11 is 0. The molecular formula is C19H16F2N4O. The Morgan fingerprint density at radius 3 is 2.42 bits per heavy atom. The van der Waals surface area contributed by atoms with Gasteiger partial charge in [-0.2, -0.15) is 0 Å². The highest BCUT2D eigenvalue weighted by Crippen LogP contribution is 2.19. The van der Waals surface area contributed by atoms with Crippen molar-refractivity contribution in [3.63, 3.8) is 0 Å². The molecule has 3 rings (SSSR count). The van der Waals surface area contributed by atoms with Crippen molar-refractivity contribution >= 4 is 23.2 Å². The molecule has 0 spiro atoms. The van der Waals surface area contributed by atoms with Crippen LogP contribution in [0, 0.1) is 25.5 Å². The molecule has 0 unspecified atom stereocenters. The van der Waals surface area contributed by atoms with E-state index in [4.69, 9.17) is 0 Å². The molecule has 2 N–H and O–H groups in total. The molecule has 0 saturated carbocycles. The predicted octanol–water partition coefficient (Wildman–Crippen LogP) is 4.37. The number of nitrogens with zero attached hydrogens (tertiary/aromatic N) is 2. The quantitative estimate of drug-likeness (QED) is 0.730. The SMILES string of the molecule is Cc1cccc(NC(=O)c2cnc(Nc3ccc(F)c(F)c3)nc2)c1C. The van der Waals surface area contributed by atoms with E-state index in [1.165, 1.54) is 18.5 Å². The Morgan fingerprint density at radius 1 is 1.00 bits per heavy atom. The van der Waals surface area contributed by atoms with Crippen molar-refractivity contribution in [1.82, 2.24) is 9.97 Å². The summed E-state index contributed by atoms with van der Waals surface area (Å²) < 4.78 is 26.1. The van der Waals surface area contributed by atoms with E-state index in [1.54, 1.807) is 0 Å². The van der Waals surface area contributed by atoms with Crippen LogP contribution in [0.15, 0.2) is 48.8 Å². The van der Waals surface area contributed by atoms with Crippen LogP contribution in [0.1, 0.15) is 21.5 Å². The Morgan fingerprint density at radius 2 is 1.73 bits per heavy atom. The molecule has 0 fully saturated rings. The molecule has 0 aliphatic heterocycles. The summed E-state index contributed by atoms with van der Waals surface area (Å²) in [6.07, 6.45) is 2.71. The highest BCUT2D eigenvalue weighted by Gasteiger charge is 2.10. The molecule has 2 aromatic carbocycles. The first kappa shape index (κ1) is 17.5. The zero-order valence-corrected chi connectivity index (χ0v) is 14.2. The van der Waals surface area contributed by atoms with Gasteiger partial charge in [0, 0.05) is 29.8 Å². The van der Waals surface area contributed by atoms with Crippen molar-refractivity contribution in [1.29, 1.82) is 0 Å². The maximum atomic E-state index is 13.2. The zero-order valence-electron chi connectivity index (χ0n) is 14.2. The lowest BCUT2D eigenvalue weighted by Crippen LogP contribution is -2.14. The number of halogens is 2. The monoisotopic (exact) mass is 354 g/mol. The van der Waals surface area contributed by atoms with Gasteiger partial charge in [0.2, 0.25) is 5.95 Å². The van der Waals surface area contributed by atoms with Gasteiger partial charge in [0.1, 0.15) is 0 Å². The van der Waals surface area contributed by atoms with Gasteiger partial charge < -0.3 is 10.6 Å². The summed E-state index contributed by atoms with van der Waals surface area (Å²) in [5.74, 6) is -2.08. The molecule has 0 atom stereocenters. The average Bonchev–Trinajstić information content (AvgIpc) is 2.63. The number of nitrogens with one attached hydrogen (secondary N) is 2. The molecule has 1 heterocycles. The van der Waals surface area contributed by atoms with Gasteiger partial charge in [-0.05, 0) is 43.2 Å². The first-order chi connectivity index (χ1) is 12.4. The van der Waals surface area contributed by atoms with Crippen LogP contribution in [-0.2, 0) is 0 Å². The third-order valence-corrected chi connectivity index (χ3v) is 3.94. The normalized spacial score (nSPS) is 10.5. The first-order valence-electron chi connectivity index (χ1n) is 7.86. The smallest absolute Gasteiger partial charge is 0.258 e. The van der Waals surface area contributed by atoms with E-state index in [2.05, 4.69) is 20.6 Å². The minimum atomic E-state index is -0.973. The van der Waals surface area contributed by atoms with Gasteiger partial charge in [-0.25, -0.2) is 18.7 Å². The molecule has 7 heteroatoms. The number of benzene rings is 2. The lowest BCUT2D eigenvalue weighted by molar-refractivity contribution is 0.102. The van der Waals surface area contributed by atoms with E-state index in [0.717, 1.165) is 28.9 Å². The van der Waals surface area contributed by atoms with Crippen molar-refractivity contribution < 1.29 is 13.6 Å². The van der Waals surface area contributed by atoms with Crippen LogP contribution in [-0.4, -0.2) is 15.9 Å². The molecule has 5 nitrogen and oxygen atoms in total. The molecule has 0 aliphatic carbocycles. The van der Waals surface area contributed by atoms with Gasteiger partial charge in [-0.3, -0.25) is 4.79 Å². The Balaban J connectivity index is 1.71. The Kier molecular flexibility index (Phi) is 4.88. The number of aryl methyl sites for hydroxylation is 1. The fraction of sp³-hybridized carbons (Fsp3) is 0.105. The molecule has 0 aliphatic rings. The van der Waals surface area contributed by atoms with Gasteiger partial charge >= 0.3 is 0 Å². The largest absolute Gasteiger partial charge is 0.324 e. The number of rotatable bonds is 4. The molecule has 26 heavy (non-hydrogen) atoms. The van der Waals surface area contributed by atoms with Gasteiger partial charge in [0.15, 0.2) is 11.6 Å². The Hall–Kier alpha value is -3.35. The number of amides is 1. The summed E-state index contributed by atoms with van der Waals surface area (Å²) in [5.41, 5.74) is 3.36. The number of hydrogen-bond acceptors (Lipinski definition) is 4. The summed E-state index contributed by atoms with van der Waals surface area (Å²) in [4.78, 5) is 20.4. The first-order valence-corrected chi connectivity index (χ1v) is 7.86. The number of hydrogen-bond donors (Lipinski definition) is 2. The number of anilines is 3. The maximum absolute atomic E-state index is 13.2. The van der Waals surface area contributed by atoms with E-state index in [1.807, 2.05) is 32.0 Å². The molecular weight excluding hydrogens is 338 g/mol. The number of carbonyl (C=O) groups excluding carboxylic acids is 1. The third-order valence-electron chi connectivity index (χ3n) is 3.94. The minimum absolute atomic E-state index is 0.166. The molecule has 0 saturated heterocycles. The summed E-state index contributed by atoms with van der Waals surface area (Å²) in [7, 11) is 0. The van der Waals surface area contributed by atoms with Crippen LogP contribution >= 0.6 is 0 Å². The van der Waals surface area contributed by atoms with Crippen LogP contribution in [0.2, 0.25) is 0 Å². The fourth-order valence-electron chi connectivity index (χ4n) is 2.29. The van der Waals surface area contributed by atoms with Crippen molar-refractivity contribution in [3.05, 3.63) is 77.1 Å². The predicted molar refractivity (Wildman–Crippen MR) is 95.5 cm³/mol. The number of aromatic nitrogens is 2. The van der Waals surface area contributed by atoms with Crippen molar-refractivity contribution in [2.75, 3.05) is 10.6 Å². The van der Waals surface area contributed by atoms with Crippen LogP contribution < -0.4 is 10.6 Å².